The van der Waals surface area contributed by atoms with E-state index >= 15 is 0 Å². The van der Waals surface area contributed by atoms with Crippen molar-refractivity contribution in [3.05, 3.63) is 45.9 Å². The smallest absolute Gasteiger partial charge is 0.251 e. The van der Waals surface area contributed by atoms with Crippen LogP contribution in [-0.4, -0.2) is 50.0 Å². The van der Waals surface area contributed by atoms with Crippen LogP contribution in [0, 0.1) is 0 Å². The third kappa shape index (κ3) is 5.53. The first-order valence-corrected chi connectivity index (χ1v) is 12.4. The lowest BCUT2D eigenvalue weighted by molar-refractivity contribution is -0.117. The van der Waals surface area contributed by atoms with Gasteiger partial charge in [-0.05, 0) is 31.0 Å². The zero-order valence-electron chi connectivity index (χ0n) is 17.3. The van der Waals surface area contributed by atoms with E-state index in [9.17, 15) is 18.0 Å². The molecule has 1 heterocycles. The standard InChI is InChI=1S/C21H27N3O4S2/c1-24(2)30(27,28)18-10-6-9-16(11-18)21(26)22-13-17(25)12-20-23-19(14-29-20)15-7-4-3-5-8-15/h6,9-11,14-15H,3-5,7-8,12-13H2,1-2H3,(H,22,26). The molecule has 162 valence electrons. The Morgan fingerprint density at radius 2 is 1.93 bits per heavy atom. The second-order valence-corrected chi connectivity index (χ2v) is 10.8. The molecule has 3 rings (SSSR count). The molecule has 9 heteroatoms. The predicted molar refractivity (Wildman–Crippen MR) is 116 cm³/mol. The van der Waals surface area contributed by atoms with Gasteiger partial charge in [0.25, 0.3) is 5.91 Å². The highest BCUT2D eigenvalue weighted by Gasteiger charge is 2.20. The van der Waals surface area contributed by atoms with Crippen LogP contribution in [0.25, 0.3) is 0 Å². The van der Waals surface area contributed by atoms with Crippen molar-refractivity contribution in [1.29, 1.82) is 0 Å². The molecule has 1 N–H and O–H groups in total. The Labute approximate surface area is 181 Å². The van der Waals surface area contributed by atoms with Crippen molar-refractivity contribution in [2.45, 2.75) is 49.3 Å². The fourth-order valence-electron chi connectivity index (χ4n) is 3.51. The molecule has 7 nitrogen and oxygen atoms in total. The minimum atomic E-state index is -3.63. The van der Waals surface area contributed by atoms with Gasteiger partial charge in [-0.1, -0.05) is 25.3 Å². The van der Waals surface area contributed by atoms with E-state index in [1.54, 1.807) is 0 Å². The number of rotatable bonds is 8. The van der Waals surface area contributed by atoms with Crippen molar-refractivity contribution >= 4 is 33.1 Å². The maximum Gasteiger partial charge on any atom is 0.251 e. The Hall–Kier alpha value is -2.10. The molecule has 1 amide bonds. The zero-order chi connectivity index (χ0) is 21.7. The van der Waals surface area contributed by atoms with Gasteiger partial charge in [0, 0.05) is 31.0 Å². The summed E-state index contributed by atoms with van der Waals surface area (Å²) in [6.45, 7) is -0.123. The largest absolute Gasteiger partial charge is 0.345 e. The van der Waals surface area contributed by atoms with Gasteiger partial charge in [0.05, 0.1) is 23.6 Å². The molecule has 2 aromatic rings. The number of carbonyl (C=O) groups excluding carboxylic acids is 2. The normalized spacial score (nSPS) is 15.3. The number of carbonyl (C=O) groups is 2. The maximum atomic E-state index is 12.4. The van der Waals surface area contributed by atoms with Gasteiger partial charge in [0.1, 0.15) is 5.01 Å². The summed E-state index contributed by atoms with van der Waals surface area (Å²) in [5.41, 5.74) is 1.28. The first-order valence-electron chi connectivity index (χ1n) is 10.0. The van der Waals surface area contributed by atoms with Crippen LogP contribution in [0.15, 0.2) is 34.5 Å². The molecule has 1 aromatic carbocycles. The van der Waals surface area contributed by atoms with Crippen LogP contribution >= 0.6 is 11.3 Å². The van der Waals surface area contributed by atoms with E-state index in [0.29, 0.717) is 5.92 Å². The molecule has 1 aromatic heterocycles. The monoisotopic (exact) mass is 449 g/mol. The predicted octanol–water partition coefficient (Wildman–Crippen LogP) is 2.98. The maximum absolute atomic E-state index is 12.4. The summed E-state index contributed by atoms with van der Waals surface area (Å²) in [5.74, 6) is -0.115. The van der Waals surface area contributed by atoms with Crippen molar-refractivity contribution in [3.63, 3.8) is 0 Å². The SMILES string of the molecule is CN(C)S(=O)(=O)c1cccc(C(=O)NCC(=O)Cc2nc(C3CCCCC3)cs2)c1. The van der Waals surface area contributed by atoms with E-state index in [1.165, 1.54) is 69.0 Å². The molecular weight excluding hydrogens is 422 g/mol. The topological polar surface area (TPSA) is 96.4 Å². The first-order chi connectivity index (χ1) is 14.3. The van der Waals surface area contributed by atoms with Crippen molar-refractivity contribution in [2.24, 2.45) is 0 Å². The number of benzene rings is 1. The van der Waals surface area contributed by atoms with Gasteiger partial charge < -0.3 is 5.32 Å². The molecule has 1 saturated carbocycles. The highest BCUT2D eigenvalue weighted by molar-refractivity contribution is 7.89. The third-order valence-corrected chi connectivity index (χ3v) is 7.94. The second kappa shape index (κ2) is 9.80. The van der Waals surface area contributed by atoms with Crippen molar-refractivity contribution < 1.29 is 18.0 Å². The van der Waals surface area contributed by atoms with Crippen molar-refractivity contribution in [3.8, 4) is 0 Å². The van der Waals surface area contributed by atoms with E-state index in [1.807, 2.05) is 5.38 Å². The molecule has 0 atom stereocenters. The minimum Gasteiger partial charge on any atom is -0.345 e. The second-order valence-electron chi connectivity index (χ2n) is 7.71. The van der Waals surface area contributed by atoms with Gasteiger partial charge in [0.15, 0.2) is 5.78 Å². The van der Waals surface area contributed by atoms with Crippen LogP contribution in [0.2, 0.25) is 0 Å². The van der Waals surface area contributed by atoms with E-state index in [-0.39, 0.29) is 29.2 Å². The Morgan fingerprint density at radius 1 is 1.20 bits per heavy atom. The number of amides is 1. The van der Waals surface area contributed by atoms with Crippen LogP contribution in [0.1, 0.15) is 59.1 Å². The summed E-state index contributed by atoms with van der Waals surface area (Å²) in [5, 5.41) is 5.40. The molecule has 0 bridgehead atoms. The number of hydrogen-bond acceptors (Lipinski definition) is 6. The number of aromatic nitrogens is 1. The number of hydrogen-bond donors (Lipinski definition) is 1. The lowest BCUT2D eigenvalue weighted by Crippen LogP contribution is -2.30. The Bertz CT molecular complexity index is 1010. The van der Waals surface area contributed by atoms with Gasteiger partial charge in [-0.25, -0.2) is 17.7 Å². The van der Waals surface area contributed by atoms with Crippen LogP contribution < -0.4 is 5.32 Å². The Kier molecular flexibility index (Phi) is 7.38. The molecule has 0 spiro atoms. The summed E-state index contributed by atoms with van der Waals surface area (Å²) >= 11 is 1.49. The first kappa shape index (κ1) is 22.6. The van der Waals surface area contributed by atoms with Crippen LogP contribution in [0.4, 0.5) is 0 Å². The summed E-state index contributed by atoms with van der Waals surface area (Å²) in [6, 6.07) is 5.78. The lowest BCUT2D eigenvalue weighted by atomic mass is 9.87. The fraction of sp³-hybridized carbons (Fsp3) is 0.476. The van der Waals surface area contributed by atoms with Gasteiger partial charge in [-0.2, -0.15) is 0 Å². The van der Waals surface area contributed by atoms with E-state index in [2.05, 4.69) is 10.3 Å². The van der Waals surface area contributed by atoms with Crippen molar-refractivity contribution in [2.75, 3.05) is 20.6 Å². The van der Waals surface area contributed by atoms with Crippen molar-refractivity contribution in [1.82, 2.24) is 14.6 Å². The molecule has 30 heavy (non-hydrogen) atoms. The molecule has 0 radical (unpaired) electrons. The minimum absolute atomic E-state index is 0.0319. The van der Waals surface area contributed by atoms with Crippen LogP contribution in [0.5, 0.6) is 0 Å². The summed E-state index contributed by atoms with van der Waals surface area (Å²) in [4.78, 5) is 29.3. The van der Waals surface area contributed by atoms with E-state index < -0.39 is 15.9 Å². The van der Waals surface area contributed by atoms with Gasteiger partial charge in [-0.15, -0.1) is 11.3 Å². The van der Waals surface area contributed by atoms with Crippen LogP contribution in [-0.2, 0) is 21.2 Å². The van der Waals surface area contributed by atoms with Crippen LogP contribution in [0.3, 0.4) is 0 Å². The number of thiazole rings is 1. The van der Waals surface area contributed by atoms with E-state index in [4.69, 9.17) is 0 Å². The zero-order valence-corrected chi connectivity index (χ0v) is 18.9. The molecule has 1 aliphatic carbocycles. The Morgan fingerprint density at radius 3 is 2.63 bits per heavy atom. The number of sulfonamides is 1. The lowest BCUT2D eigenvalue weighted by Gasteiger charge is -2.19. The molecule has 1 aliphatic rings. The molecule has 0 aliphatic heterocycles. The molecular formula is C21H27N3O4S2. The number of Topliss-reactive ketones (excluding diaryl/α,β-unsaturated/α-hetero) is 1. The van der Waals surface area contributed by atoms with Gasteiger partial charge in [0.2, 0.25) is 10.0 Å². The number of ketones is 1. The van der Waals surface area contributed by atoms with Gasteiger partial charge >= 0.3 is 0 Å². The molecule has 0 saturated heterocycles. The molecule has 0 unspecified atom stereocenters. The third-order valence-electron chi connectivity index (χ3n) is 5.26. The average molecular weight is 450 g/mol. The quantitative estimate of drug-likeness (QED) is 0.668. The summed E-state index contributed by atoms with van der Waals surface area (Å²) < 4.78 is 25.5. The average Bonchev–Trinajstić information content (AvgIpc) is 3.21. The van der Waals surface area contributed by atoms with E-state index in [0.717, 1.165) is 27.8 Å². The highest BCUT2D eigenvalue weighted by Crippen LogP contribution is 2.33. The summed E-state index contributed by atoms with van der Waals surface area (Å²) in [6.07, 6.45) is 6.27. The number of nitrogens with zero attached hydrogens (tertiary/aromatic N) is 2. The Balaban J connectivity index is 1.55. The molecule has 1 fully saturated rings. The summed E-state index contributed by atoms with van der Waals surface area (Å²) in [7, 11) is -0.773. The van der Waals surface area contributed by atoms with Gasteiger partial charge in [-0.3, -0.25) is 9.59 Å². The number of nitrogens with one attached hydrogen (secondary N) is 1. The highest BCUT2D eigenvalue weighted by atomic mass is 32.2. The fourth-order valence-corrected chi connectivity index (χ4v) is 5.37.